The number of hydrogen-bond acceptors (Lipinski definition) is 5. The Morgan fingerprint density at radius 1 is 1.79 bits per heavy atom. The molecule has 1 atom stereocenters. The fourth-order valence-electron chi connectivity index (χ4n) is 0.850. The van der Waals surface area contributed by atoms with Gasteiger partial charge in [-0.15, -0.1) is 0 Å². The highest BCUT2D eigenvalue weighted by Gasteiger charge is 2.10. The van der Waals surface area contributed by atoms with Crippen molar-refractivity contribution in [3.8, 4) is 0 Å². The maximum Gasteiger partial charge on any atom is 0.248 e. The SMILES string of the molecule is COC(C)C(=O)NCCc1ncno1. The van der Waals surface area contributed by atoms with Gasteiger partial charge in [0.25, 0.3) is 0 Å². The molecule has 1 aromatic heterocycles. The third-order valence-corrected chi connectivity index (χ3v) is 1.77. The summed E-state index contributed by atoms with van der Waals surface area (Å²) in [5.74, 6) is 0.363. The molecule has 1 amide bonds. The van der Waals surface area contributed by atoms with Crippen LogP contribution in [0.4, 0.5) is 0 Å². The molecule has 1 rings (SSSR count). The van der Waals surface area contributed by atoms with Crippen molar-refractivity contribution < 1.29 is 14.1 Å². The first-order valence-electron chi connectivity index (χ1n) is 4.30. The van der Waals surface area contributed by atoms with Crippen molar-refractivity contribution in [1.29, 1.82) is 0 Å². The van der Waals surface area contributed by atoms with Gasteiger partial charge >= 0.3 is 0 Å². The van der Waals surface area contributed by atoms with E-state index in [1.165, 1.54) is 13.4 Å². The smallest absolute Gasteiger partial charge is 0.248 e. The van der Waals surface area contributed by atoms with Crippen molar-refractivity contribution >= 4 is 5.91 Å². The highest BCUT2D eigenvalue weighted by molar-refractivity contribution is 5.80. The van der Waals surface area contributed by atoms with E-state index in [2.05, 4.69) is 15.5 Å². The van der Waals surface area contributed by atoms with Crippen LogP contribution < -0.4 is 5.32 Å². The first-order valence-corrected chi connectivity index (χ1v) is 4.30. The second kappa shape index (κ2) is 5.33. The van der Waals surface area contributed by atoms with E-state index in [1.54, 1.807) is 6.92 Å². The van der Waals surface area contributed by atoms with Crippen LogP contribution in [0.5, 0.6) is 0 Å². The monoisotopic (exact) mass is 199 g/mol. The summed E-state index contributed by atoms with van der Waals surface area (Å²) in [6.45, 7) is 2.15. The summed E-state index contributed by atoms with van der Waals surface area (Å²) in [6, 6.07) is 0. The number of carbonyl (C=O) groups excluding carboxylic acids is 1. The summed E-state index contributed by atoms with van der Waals surface area (Å²) < 4.78 is 9.59. The van der Waals surface area contributed by atoms with Gasteiger partial charge in [0.05, 0.1) is 0 Å². The zero-order chi connectivity index (χ0) is 10.4. The van der Waals surface area contributed by atoms with Crippen LogP contribution in [0.25, 0.3) is 0 Å². The number of rotatable bonds is 5. The van der Waals surface area contributed by atoms with Crippen molar-refractivity contribution in [3.63, 3.8) is 0 Å². The van der Waals surface area contributed by atoms with Crippen LogP contribution in [0.1, 0.15) is 12.8 Å². The Morgan fingerprint density at radius 2 is 2.57 bits per heavy atom. The predicted molar refractivity (Wildman–Crippen MR) is 47.5 cm³/mol. The summed E-state index contributed by atoms with van der Waals surface area (Å²) >= 11 is 0. The highest BCUT2D eigenvalue weighted by atomic mass is 16.5. The normalized spacial score (nSPS) is 12.4. The average molecular weight is 199 g/mol. The van der Waals surface area contributed by atoms with Crippen LogP contribution in [-0.4, -0.2) is 35.8 Å². The minimum Gasteiger partial charge on any atom is -0.372 e. The van der Waals surface area contributed by atoms with Gasteiger partial charge < -0.3 is 14.6 Å². The quantitative estimate of drug-likeness (QED) is 0.708. The summed E-state index contributed by atoms with van der Waals surface area (Å²) in [5.41, 5.74) is 0. The summed E-state index contributed by atoms with van der Waals surface area (Å²) in [4.78, 5) is 15.0. The fraction of sp³-hybridized carbons (Fsp3) is 0.625. The lowest BCUT2D eigenvalue weighted by Crippen LogP contribution is -2.35. The second-order valence-electron chi connectivity index (χ2n) is 2.75. The minimum atomic E-state index is -0.433. The average Bonchev–Trinajstić information content (AvgIpc) is 2.69. The van der Waals surface area contributed by atoms with E-state index in [0.29, 0.717) is 18.9 Å². The Balaban J connectivity index is 2.18. The molecule has 0 aliphatic heterocycles. The van der Waals surface area contributed by atoms with Crippen molar-refractivity contribution in [1.82, 2.24) is 15.5 Å². The Kier molecular flexibility index (Phi) is 4.06. The van der Waals surface area contributed by atoms with E-state index in [0.717, 1.165) is 0 Å². The van der Waals surface area contributed by atoms with Crippen LogP contribution in [0.3, 0.4) is 0 Å². The summed E-state index contributed by atoms with van der Waals surface area (Å²) in [7, 11) is 1.49. The van der Waals surface area contributed by atoms with Crippen molar-refractivity contribution in [2.75, 3.05) is 13.7 Å². The molecule has 0 saturated heterocycles. The van der Waals surface area contributed by atoms with Crippen molar-refractivity contribution in [3.05, 3.63) is 12.2 Å². The maximum absolute atomic E-state index is 11.2. The molecule has 1 aromatic rings. The third-order valence-electron chi connectivity index (χ3n) is 1.77. The number of methoxy groups -OCH3 is 1. The van der Waals surface area contributed by atoms with Gasteiger partial charge in [-0.25, -0.2) is 0 Å². The van der Waals surface area contributed by atoms with Gasteiger partial charge in [0.2, 0.25) is 11.8 Å². The van der Waals surface area contributed by atoms with Crippen molar-refractivity contribution in [2.24, 2.45) is 0 Å². The van der Waals surface area contributed by atoms with Gasteiger partial charge in [-0.3, -0.25) is 4.79 Å². The molecule has 1 heterocycles. The topological polar surface area (TPSA) is 77.2 Å². The van der Waals surface area contributed by atoms with E-state index < -0.39 is 6.10 Å². The van der Waals surface area contributed by atoms with Crippen LogP contribution in [0.2, 0.25) is 0 Å². The van der Waals surface area contributed by atoms with E-state index in [9.17, 15) is 4.79 Å². The molecule has 1 N–H and O–H groups in total. The Bertz CT molecular complexity index is 273. The summed E-state index contributed by atoms with van der Waals surface area (Å²) in [5, 5.41) is 6.13. The molecule has 6 heteroatoms. The van der Waals surface area contributed by atoms with Crippen molar-refractivity contribution in [2.45, 2.75) is 19.4 Å². The molecule has 6 nitrogen and oxygen atoms in total. The third kappa shape index (κ3) is 3.14. The van der Waals surface area contributed by atoms with Gasteiger partial charge in [0.1, 0.15) is 6.10 Å². The second-order valence-corrected chi connectivity index (χ2v) is 2.75. The van der Waals surface area contributed by atoms with E-state index in [4.69, 9.17) is 9.26 Å². The largest absolute Gasteiger partial charge is 0.372 e. The molecular formula is C8H13N3O3. The van der Waals surface area contributed by atoms with Gasteiger partial charge in [-0.05, 0) is 6.92 Å². The molecule has 78 valence electrons. The first kappa shape index (κ1) is 10.6. The van der Waals surface area contributed by atoms with E-state index in [-0.39, 0.29) is 5.91 Å². The number of ether oxygens (including phenoxy) is 1. The molecule has 0 spiro atoms. The molecule has 0 aromatic carbocycles. The molecular weight excluding hydrogens is 186 g/mol. The standard InChI is InChI=1S/C8H13N3O3/c1-6(13-2)8(12)9-4-3-7-10-5-11-14-7/h5-6H,3-4H2,1-2H3,(H,9,12). The molecule has 0 saturated carbocycles. The number of aromatic nitrogens is 2. The van der Waals surface area contributed by atoms with Crippen LogP contribution in [0, 0.1) is 0 Å². The van der Waals surface area contributed by atoms with Gasteiger partial charge in [-0.1, -0.05) is 5.16 Å². The zero-order valence-corrected chi connectivity index (χ0v) is 8.19. The zero-order valence-electron chi connectivity index (χ0n) is 8.19. The Hall–Kier alpha value is -1.43. The highest BCUT2D eigenvalue weighted by Crippen LogP contribution is 1.91. The van der Waals surface area contributed by atoms with E-state index in [1.807, 2.05) is 0 Å². The number of amides is 1. The van der Waals surface area contributed by atoms with Gasteiger partial charge in [0, 0.05) is 20.1 Å². The fourth-order valence-corrected chi connectivity index (χ4v) is 0.850. The van der Waals surface area contributed by atoms with Crippen LogP contribution in [0.15, 0.2) is 10.9 Å². The lowest BCUT2D eigenvalue weighted by molar-refractivity contribution is -0.130. The van der Waals surface area contributed by atoms with E-state index >= 15 is 0 Å². The lowest BCUT2D eigenvalue weighted by Gasteiger charge is -2.08. The number of carbonyl (C=O) groups is 1. The first-order chi connectivity index (χ1) is 6.74. The summed E-state index contributed by atoms with van der Waals surface area (Å²) in [6.07, 6.45) is 1.43. The molecule has 0 fully saturated rings. The Morgan fingerprint density at radius 3 is 3.14 bits per heavy atom. The molecule has 0 aliphatic rings. The minimum absolute atomic E-state index is 0.146. The van der Waals surface area contributed by atoms with Gasteiger partial charge in [-0.2, -0.15) is 4.98 Å². The number of hydrogen-bond donors (Lipinski definition) is 1. The lowest BCUT2D eigenvalue weighted by atomic mass is 10.3. The predicted octanol–water partition coefficient (Wildman–Crippen LogP) is -0.237. The molecule has 0 aliphatic carbocycles. The number of nitrogens with zero attached hydrogens (tertiary/aromatic N) is 2. The molecule has 0 radical (unpaired) electrons. The Labute approximate surface area is 81.6 Å². The number of nitrogens with one attached hydrogen (secondary N) is 1. The van der Waals surface area contributed by atoms with Gasteiger partial charge in [0.15, 0.2) is 6.33 Å². The maximum atomic E-state index is 11.2. The molecule has 1 unspecified atom stereocenters. The van der Waals surface area contributed by atoms with Crippen LogP contribution in [-0.2, 0) is 16.0 Å². The molecule has 0 bridgehead atoms. The van der Waals surface area contributed by atoms with Crippen LogP contribution >= 0.6 is 0 Å². The molecule has 14 heavy (non-hydrogen) atoms.